The Morgan fingerprint density at radius 2 is 2.17 bits per heavy atom. The minimum absolute atomic E-state index is 0.175. The van der Waals surface area contributed by atoms with Gasteiger partial charge in [0.25, 0.3) is 0 Å². The van der Waals surface area contributed by atoms with E-state index in [-0.39, 0.29) is 11.9 Å². The summed E-state index contributed by atoms with van der Waals surface area (Å²) >= 11 is 0. The first-order valence-electron chi connectivity index (χ1n) is 6.31. The number of hydrogen-bond donors (Lipinski definition) is 1. The molecule has 0 saturated carbocycles. The van der Waals surface area contributed by atoms with Crippen molar-refractivity contribution in [2.45, 2.75) is 25.8 Å². The van der Waals surface area contributed by atoms with Crippen LogP contribution in [0.1, 0.15) is 30.7 Å². The molecule has 0 spiro atoms. The summed E-state index contributed by atoms with van der Waals surface area (Å²) in [5.74, 6) is 0.780. The Morgan fingerprint density at radius 1 is 1.28 bits per heavy atom. The van der Waals surface area contributed by atoms with Crippen LogP contribution >= 0.6 is 0 Å². The van der Waals surface area contributed by atoms with Gasteiger partial charge in [-0.15, -0.1) is 0 Å². The smallest absolute Gasteiger partial charge is 0.123 e. The van der Waals surface area contributed by atoms with Crippen LogP contribution in [0.25, 0.3) is 0 Å². The standard InChI is InChI=1S/C15H18FNO/c1-2-14(15-7-4-10-18-15)17-9-8-12-5-3-6-13(16)11-12/h3-7,10-11,14,17H,2,8-9H2,1H3. The van der Waals surface area contributed by atoms with Crippen LogP contribution in [0, 0.1) is 5.82 Å². The molecule has 18 heavy (non-hydrogen) atoms. The molecule has 1 aromatic carbocycles. The highest BCUT2D eigenvalue weighted by Gasteiger charge is 2.10. The van der Waals surface area contributed by atoms with Crippen molar-refractivity contribution in [3.05, 3.63) is 59.8 Å². The van der Waals surface area contributed by atoms with Crippen LogP contribution in [0.3, 0.4) is 0 Å². The molecule has 3 heteroatoms. The van der Waals surface area contributed by atoms with Crippen LogP contribution in [0.4, 0.5) is 4.39 Å². The first-order valence-corrected chi connectivity index (χ1v) is 6.31. The Balaban J connectivity index is 1.84. The van der Waals surface area contributed by atoms with Gasteiger partial charge in [0.15, 0.2) is 0 Å². The van der Waals surface area contributed by atoms with Crippen LogP contribution in [-0.2, 0) is 6.42 Å². The first kappa shape index (κ1) is 12.8. The second-order valence-electron chi connectivity index (χ2n) is 4.31. The molecule has 0 saturated heterocycles. The van der Waals surface area contributed by atoms with E-state index in [4.69, 9.17) is 4.42 Å². The maximum absolute atomic E-state index is 13.0. The average molecular weight is 247 g/mol. The van der Waals surface area contributed by atoms with Crippen LogP contribution in [-0.4, -0.2) is 6.54 Å². The minimum atomic E-state index is -0.175. The van der Waals surface area contributed by atoms with Crippen molar-refractivity contribution in [1.82, 2.24) is 5.32 Å². The maximum atomic E-state index is 13.0. The van der Waals surface area contributed by atoms with E-state index in [2.05, 4.69) is 12.2 Å². The molecule has 1 unspecified atom stereocenters. The van der Waals surface area contributed by atoms with Crippen molar-refractivity contribution < 1.29 is 8.81 Å². The van der Waals surface area contributed by atoms with Crippen LogP contribution < -0.4 is 5.32 Å². The molecule has 0 amide bonds. The summed E-state index contributed by atoms with van der Waals surface area (Å²) in [6.07, 6.45) is 3.47. The Labute approximate surface area is 107 Å². The molecule has 0 aliphatic rings. The fourth-order valence-corrected chi connectivity index (χ4v) is 2.02. The van der Waals surface area contributed by atoms with E-state index in [1.54, 1.807) is 18.4 Å². The third-order valence-electron chi connectivity index (χ3n) is 2.99. The third kappa shape index (κ3) is 3.44. The monoisotopic (exact) mass is 247 g/mol. The van der Waals surface area contributed by atoms with Crippen LogP contribution in [0.2, 0.25) is 0 Å². The molecular weight excluding hydrogens is 229 g/mol. The van der Waals surface area contributed by atoms with E-state index in [0.29, 0.717) is 0 Å². The normalized spacial score (nSPS) is 12.6. The summed E-state index contributed by atoms with van der Waals surface area (Å²) in [6, 6.07) is 10.8. The molecule has 0 aliphatic carbocycles. The van der Waals surface area contributed by atoms with E-state index < -0.39 is 0 Å². The van der Waals surface area contributed by atoms with Gasteiger partial charge in [-0.25, -0.2) is 4.39 Å². The lowest BCUT2D eigenvalue weighted by Crippen LogP contribution is -2.22. The molecule has 2 aromatic rings. The van der Waals surface area contributed by atoms with Gasteiger partial charge >= 0.3 is 0 Å². The predicted molar refractivity (Wildman–Crippen MR) is 69.8 cm³/mol. The fourth-order valence-electron chi connectivity index (χ4n) is 2.02. The number of halogens is 1. The molecule has 1 heterocycles. The number of nitrogens with one attached hydrogen (secondary N) is 1. The van der Waals surface area contributed by atoms with Gasteiger partial charge in [-0.05, 0) is 49.2 Å². The lowest BCUT2D eigenvalue weighted by Gasteiger charge is -2.14. The summed E-state index contributed by atoms with van der Waals surface area (Å²) in [6.45, 7) is 2.92. The maximum Gasteiger partial charge on any atom is 0.123 e. The molecule has 2 rings (SSSR count). The van der Waals surface area contributed by atoms with E-state index in [0.717, 1.165) is 30.7 Å². The van der Waals surface area contributed by atoms with E-state index >= 15 is 0 Å². The van der Waals surface area contributed by atoms with E-state index in [9.17, 15) is 4.39 Å². The SMILES string of the molecule is CCC(NCCc1cccc(F)c1)c1ccco1. The second-order valence-corrected chi connectivity index (χ2v) is 4.31. The Kier molecular flexibility index (Phi) is 4.53. The Morgan fingerprint density at radius 3 is 2.83 bits per heavy atom. The van der Waals surface area contributed by atoms with Gasteiger partial charge in [0.1, 0.15) is 11.6 Å². The predicted octanol–water partition coefficient (Wildman–Crippen LogP) is 3.70. The van der Waals surface area contributed by atoms with E-state index in [1.165, 1.54) is 6.07 Å². The molecule has 0 aliphatic heterocycles. The van der Waals surface area contributed by atoms with Gasteiger partial charge in [-0.2, -0.15) is 0 Å². The average Bonchev–Trinajstić information content (AvgIpc) is 2.88. The zero-order valence-corrected chi connectivity index (χ0v) is 10.5. The van der Waals surface area contributed by atoms with Crippen molar-refractivity contribution in [2.24, 2.45) is 0 Å². The van der Waals surface area contributed by atoms with Crippen molar-refractivity contribution in [2.75, 3.05) is 6.54 Å². The Hall–Kier alpha value is -1.61. The lowest BCUT2D eigenvalue weighted by molar-refractivity contribution is 0.406. The number of furan rings is 1. The fraction of sp³-hybridized carbons (Fsp3) is 0.333. The molecule has 1 atom stereocenters. The highest BCUT2D eigenvalue weighted by atomic mass is 19.1. The second kappa shape index (κ2) is 6.36. The topological polar surface area (TPSA) is 25.2 Å². The van der Waals surface area contributed by atoms with E-state index in [1.807, 2.05) is 18.2 Å². The molecule has 0 fully saturated rings. The number of hydrogen-bond acceptors (Lipinski definition) is 2. The molecule has 0 radical (unpaired) electrons. The summed E-state index contributed by atoms with van der Waals surface area (Å²) in [5, 5.41) is 3.42. The van der Waals surface area contributed by atoms with Gasteiger partial charge in [0, 0.05) is 0 Å². The zero-order valence-electron chi connectivity index (χ0n) is 10.5. The van der Waals surface area contributed by atoms with Crippen molar-refractivity contribution in [1.29, 1.82) is 0 Å². The minimum Gasteiger partial charge on any atom is -0.468 e. The Bertz CT molecular complexity index is 467. The summed E-state index contributed by atoms with van der Waals surface area (Å²) < 4.78 is 18.4. The highest BCUT2D eigenvalue weighted by Crippen LogP contribution is 2.16. The van der Waals surface area contributed by atoms with Crippen LogP contribution in [0.15, 0.2) is 47.1 Å². The molecule has 2 nitrogen and oxygen atoms in total. The van der Waals surface area contributed by atoms with Gasteiger partial charge in [-0.3, -0.25) is 0 Å². The number of benzene rings is 1. The van der Waals surface area contributed by atoms with Gasteiger partial charge in [0.05, 0.1) is 12.3 Å². The van der Waals surface area contributed by atoms with Crippen molar-refractivity contribution in [3.63, 3.8) is 0 Å². The number of rotatable bonds is 6. The highest BCUT2D eigenvalue weighted by molar-refractivity contribution is 5.16. The molecule has 96 valence electrons. The third-order valence-corrected chi connectivity index (χ3v) is 2.99. The largest absolute Gasteiger partial charge is 0.468 e. The molecule has 1 aromatic heterocycles. The van der Waals surface area contributed by atoms with Gasteiger partial charge in [-0.1, -0.05) is 19.1 Å². The van der Waals surface area contributed by atoms with Crippen LogP contribution in [0.5, 0.6) is 0 Å². The molecule has 1 N–H and O–H groups in total. The molecular formula is C15H18FNO. The van der Waals surface area contributed by atoms with Crippen molar-refractivity contribution in [3.8, 4) is 0 Å². The van der Waals surface area contributed by atoms with Gasteiger partial charge < -0.3 is 9.73 Å². The molecule has 0 bridgehead atoms. The first-order chi connectivity index (χ1) is 8.79. The quantitative estimate of drug-likeness (QED) is 0.842. The zero-order chi connectivity index (χ0) is 12.8. The van der Waals surface area contributed by atoms with Crippen molar-refractivity contribution >= 4 is 0 Å². The summed E-state index contributed by atoms with van der Waals surface area (Å²) in [7, 11) is 0. The summed E-state index contributed by atoms with van der Waals surface area (Å²) in [4.78, 5) is 0. The van der Waals surface area contributed by atoms with Gasteiger partial charge in [0.2, 0.25) is 0 Å². The summed E-state index contributed by atoms with van der Waals surface area (Å²) in [5.41, 5.74) is 1.01. The lowest BCUT2D eigenvalue weighted by atomic mass is 10.1.